The molecule has 1 rings (SSSR count). The van der Waals surface area contributed by atoms with Crippen LogP contribution < -0.4 is 10.1 Å². The summed E-state index contributed by atoms with van der Waals surface area (Å²) >= 11 is 0. The Balaban J connectivity index is 2.16. The van der Waals surface area contributed by atoms with Gasteiger partial charge in [-0.2, -0.15) is 0 Å². The van der Waals surface area contributed by atoms with Gasteiger partial charge in [-0.05, 0) is 30.3 Å². The van der Waals surface area contributed by atoms with E-state index in [1.807, 2.05) is 31.3 Å². The predicted octanol–water partition coefficient (Wildman–Crippen LogP) is 1.73. The van der Waals surface area contributed by atoms with E-state index in [1.54, 1.807) is 7.05 Å². The number of rotatable bonds is 8. The van der Waals surface area contributed by atoms with E-state index in [0.717, 1.165) is 11.4 Å². The van der Waals surface area contributed by atoms with Gasteiger partial charge in [0, 0.05) is 19.8 Å². The molecule has 0 spiro atoms. The lowest BCUT2D eigenvalue weighted by Gasteiger charge is -2.15. The van der Waals surface area contributed by atoms with Gasteiger partial charge in [0.2, 0.25) is 5.91 Å². The summed E-state index contributed by atoms with van der Waals surface area (Å²) in [5, 5.41) is 3.03. The summed E-state index contributed by atoms with van der Waals surface area (Å²) in [4.78, 5) is 12.6. The number of amides is 1. The number of nitrogens with one attached hydrogen (secondary N) is 1. The van der Waals surface area contributed by atoms with Gasteiger partial charge in [0.15, 0.2) is 0 Å². The second kappa shape index (κ2) is 8.16. The molecule has 0 bridgehead atoms. The SMILES string of the molecule is C=CC(=O)N(C)COCCOc1ccc(NC)cc1. The molecule has 5 nitrogen and oxygen atoms in total. The first-order valence-corrected chi connectivity index (χ1v) is 6.03. The summed E-state index contributed by atoms with van der Waals surface area (Å²) in [5.41, 5.74) is 1.04. The average Bonchev–Trinajstić information content (AvgIpc) is 2.46. The highest BCUT2D eigenvalue weighted by Gasteiger charge is 2.02. The Labute approximate surface area is 113 Å². The molecule has 0 unspecified atom stereocenters. The minimum absolute atomic E-state index is 0.163. The first kappa shape index (κ1) is 15.0. The minimum atomic E-state index is -0.163. The lowest BCUT2D eigenvalue weighted by molar-refractivity contribution is -0.129. The highest BCUT2D eigenvalue weighted by molar-refractivity contribution is 5.86. The molecule has 0 saturated carbocycles. The van der Waals surface area contributed by atoms with Crippen LogP contribution in [0.25, 0.3) is 0 Å². The van der Waals surface area contributed by atoms with Crippen LogP contribution in [0.4, 0.5) is 5.69 Å². The van der Waals surface area contributed by atoms with Crippen LogP contribution in [0.15, 0.2) is 36.9 Å². The summed E-state index contributed by atoms with van der Waals surface area (Å²) < 4.78 is 10.8. The van der Waals surface area contributed by atoms with Crippen molar-refractivity contribution >= 4 is 11.6 Å². The molecule has 0 aliphatic rings. The van der Waals surface area contributed by atoms with E-state index in [4.69, 9.17) is 9.47 Å². The van der Waals surface area contributed by atoms with E-state index in [9.17, 15) is 4.79 Å². The highest BCUT2D eigenvalue weighted by Crippen LogP contribution is 2.14. The smallest absolute Gasteiger partial charge is 0.247 e. The molecule has 1 aromatic rings. The zero-order chi connectivity index (χ0) is 14.1. The van der Waals surface area contributed by atoms with E-state index in [-0.39, 0.29) is 12.6 Å². The van der Waals surface area contributed by atoms with Crippen LogP contribution in [0.1, 0.15) is 0 Å². The van der Waals surface area contributed by atoms with Crippen molar-refractivity contribution in [2.24, 2.45) is 0 Å². The fourth-order valence-corrected chi connectivity index (χ4v) is 1.36. The molecule has 0 radical (unpaired) electrons. The van der Waals surface area contributed by atoms with Gasteiger partial charge >= 0.3 is 0 Å². The van der Waals surface area contributed by atoms with Gasteiger partial charge in [0.25, 0.3) is 0 Å². The van der Waals surface area contributed by atoms with Crippen molar-refractivity contribution in [2.45, 2.75) is 0 Å². The first-order chi connectivity index (χ1) is 9.17. The van der Waals surface area contributed by atoms with Crippen LogP contribution in [-0.2, 0) is 9.53 Å². The molecular formula is C14H20N2O3. The van der Waals surface area contributed by atoms with Gasteiger partial charge in [0.05, 0.1) is 6.61 Å². The van der Waals surface area contributed by atoms with Crippen LogP contribution in [0, 0.1) is 0 Å². The van der Waals surface area contributed by atoms with E-state index >= 15 is 0 Å². The molecule has 0 heterocycles. The lowest BCUT2D eigenvalue weighted by atomic mass is 10.3. The van der Waals surface area contributed by atoms with Crippen molar-refractivity contribution in [3.63, 3.8) is 0 Å². The molecule has 1 aromatic carbocycles. The third-order valence-corrected chi connectivity index (χ3v) is 2.48. The number of ether oxygens (including phenoxy) is 2. The van der Waals surface area contributed by atoms with Crippen LogP contribution in [-0.4, -0.2) is 44.8 Å². The summed E-state index contributed by atoms with van der Waals surface area (Å²) in [6, 6.07) is 7.65. The van der Waals surface area contributed by atoms with Gasteiger partial charge in [-0.25, -0.2) is 0 Å². The molecule has 104 valence electrons. The molecule has 0 aliphatic heterocycles. The van der Waals surface area contributed by atoms with Crippen LogP contribution >= 0.6 is 0 Å². The summed E-state index contributed by atoms with van der Waals surface area (Å²) in [6.45, 7) is 4.49. The minimum Gasteiger partial charge on any atom is -0.491 e. The normalized spacial score (nSPS) is 9.79. The second-order valence-corrected chi connectivity index (χ2v) is 3.90. The molecule has 0 atom stereocenters. The van der Waals surface area contributed by atoms with Gasteiger partial charge in [0.1, 0.15) is 19.1 Å². The Morgan fingerprint density at radius 3 is 2.63 bits per heavy atom. The average molecular weight is 264 g/mol. The van der Waals surface area contributed by atoms with E-state index in [0.29, 0.717) is 13.2 Å². The standard InChI is InChI=1S/C14H20N2O3/c1-4-14(17)16(3)11-18-9-10-19-13-7-5-12(15-2)6-8-13/h4-8,15H,1,9-11H2,2-3H3. The number of anilines is 1. The third kappa shape index (κ3) is 5.44. The molecule has 19 heavy (non-hydrogen) atoms. The molecule has 0 fully saturated rings. The zero-order valence-electron chi connectivity index (χ0n) is 11.4. The number of carbonyl (C=O) groups is 1. The molecule has 0 saturated heterocycles. The van der Waals surface area contributed by atoms with Crippen molar-refractivity contribution < 1.29 is 14.3 Å². The number of nitrogens with zero attached hydrogens (tertiary/aromatic N) is 1. The number of carbonyl (C=O) groups excluding carboxylic acids is 1. The second-order valence-electron chi connectivity index (χ2n) is 3.90. The number of hydrogen-bond acceptors (Lipinski definition) is 4. The van der Waals surface area contributed by atoms with E-state index < -0.39 is 0 Å². The van der Waals surface area contributed by atoms with Gasteiger partial charge < -0.3 is 19.7 Å². The molecule has 1 amide bonds. The van der Waals surface area contributed by atoms with Gasteiger partial charge in [-0.1, -0.05) is 6.58 Å². The van der Waals surface area contributed by atoms with Crippen LogP contribution in [0.2, 0.25) is 0 Å². The largest absolute Gasteiger partial charge is 0.491 e. The Morgan fingerprint density at radius 2 is 2.05 bits per heavy atom. The molecule has 1 N–H and O–H groups in total. The van der Waals surface area contributed by atoms with Crippen molar-refractivity contribution in [1.82, 2.24) is 4.90 Å². The summed E-state index contributed by atoms with van der Waals surface area (Å²) in [7, 11) is 3.52. The number of hydrogen-bond donors (Lipinski definition) is 1. The monoisotopic (exact) mass is 264 g/mol. The predicted molar refractivity (Wildman–Crippen MR) is 75.3 cm³/mol. The zero-order valence-corrected chi connectivity index (χ0v) is 11.4. The maximum absolute atomic E-state index is 11.1. The maximum Gasteiger partial charge on any atom is 0.247 e. The number of likely N-dealkylation sites (N-methyl/N-ethyl adjacent to an activating group) is 1. The van der Waals surface area contributed by atoms with Crippen molar-refractivity contribution in [3.8, 4) is 5.75 Å². The summed E-state index contributed by atoms with van der Waals surface area (Å²) in [6.07, 6.45) is 1.25. The Bertz CT molecular complexity index is 404. The third-order valence-electron chi connectivity index (χ3n) is 2.48. The van der Waals surface area contributed by atoms with Gasteiger partial charge in [-0.15, -0.1) is 0 Å². The quantitative estimate of drug-likeness (QED) is 0.441. The lowest BCUT2D eigenvalue weighted by Crippen LogP contribution is -2.28. The van der Waals surface area contributed by atoms with E-state index in [1.165, 1.54) is 11.0 Å². The first-order valence-electron chi connectivity index (χ1n) is 6.03. The van der Waals surface area contributed by atoms with Crippen molar-refractivity contribution in [2.75, 3.05) is 39.4 Å². The Morgan fingerprint density at radius 1 is 1.37 bits per heavy atom. The molecular weight excluding hydrogens is 244 g/mol. The molecule has 0 aromatic heterocycles. The Kier molecular flexibility index (Phi) is 6.46. The van der Waals surface area contributed by atoms with Crippen LogP contribution in [0.3, 0.4) is 0 Å². The maximum atomic E-state index is 11.1. The van der Waals surface area contributed by atoms with Crippen molar-refractivity contribution in [1.29, 1.82) is 0 Å². The van der Waals surface area contributed by atoms with Crippen LogP contribution in [0.5, 0.6) is 5.75 Å². The van der Waals surface area contributed by atoms with E-state index in [2.05, 4.69) is 11.9 Å². The molecule has 5 heteroatoms. The molecule has 0 aliphatic carbocycles. The fourth-order valence-electron chi connectivity index (χ4n) is 1.36. The fraction of sp³-hybridized carbons (Fsp3) is 0.357. The van der Waals surface area contributed by atoms with Crippen molar-refractivity contribution in [3.05, 3.63) is 36.9 Å². The highest BCUT2D eigenvalue weighted by atomic mass is 16.5. The summed E-state index contributed by atoms with van der Waals surface area (Å²) in [5.74, 6) is 0.627. The number of benzene rings is 1. The Hall–Kier alpha value is -2.01. The van der Waals surface area contributed by atoms with Gasteiger partial charge in [-0.3, -0.25) is 4.79 Å². The topological polar surface area (TPSA) is 50.8 Å².